The van der Waals surface area contributed by atoms with E-state index in [9.17, 15) is 14.7 Å². The third-order valence-corrected chi connectivity index (χ3v) is 11.3. The first-order chi connectivity index (χ1) is 26.4. The summed E-state index contributed by atoms with van der Waals surface area (Å²) in [5.74, 6) is 0. The molecule has 0 saturated carbocycles. The largest absolute Gasteiger partial charge is 0.441 e. The Morgan fingerprint density at radius 3 is 1.13 bits per heavy atom. The van der Waals surface area contributed by atoms with Crippen LogP contribution in [0.5, 0.6) is 0 Å². The van der Waals surface area contributed by atoms with E-state index in [2.05, 4.69) is 121 Å². The number of hydrogen-bond donors (Lipinski definition) is 3. The van der Waals surface area contributed by atoms with Crippen LogP contribution in [0.1, 0.15) is 0 Å². The highest BCUT2D eigenvalue weighted by Gasteiger charge is 2.39. The molecule has 54 heavy (non-hydrogen) atoms. The minimum absolute atomic E-state index is 0.107. The molecule has 0 aliphatic rings. The first-order valence-corrected chi connectivity index (χ1v) is 19.6. The number of fused-ring (bicyclic) bond motifs is 2. The van der Waals surface area contributed by atoms with Crippen molar-refractivity contribution in [2.45, 2.75) is 0 Å². The predicted molar refractivity (Wildman–Crippen MR) is 227 cm³/mol. The standard InChI is InChI=1S/C50H36O3P/c51-54(52,53)49-23-13-22-44(47-30-40-26-24-38(34-14-5-1-6-15-34)28-42(40)32-45(47)36-18-9-3-10-19-36)50(49)48-31-41-27-25-39(35-16-7-2-8-17-35)29-43(41)33-46(48)37-20-11-4-12-21-37/h1-33,51-53H/q+1. The van der Waals surface area contributed by atoms with Gasteiger partial charge in [-0.15, -0.1) is 0 Å². The van der Waals surface area contributed by atoms with Crippen LogP contribution >= 0.6 is 7.94 Å². The topological polar surface area (TPSA) is 60.7 Å². The zero-order chi connectivity index (χ0) is 36.6. The van der Waals surface area contributed by atoms with Gasteiger partial charge in [0, 0.05) is 5.56 Å². The second kappa shape index (κ2) is 14.0. The molecule has 0 heterocycles. The number of rotatable bonds is 7. The summed E-state index contributed by atoms with van der Waals surface area (Å²) in [6.45, 7) is 0. The van der Waals surface area contributed by atoms with E-state index in [-0.39, 0.29) is 5.30 Å². The molecule has 9 aromatic rings. The molecule has 4 heteroatoms. The maximum Gasteiger partial charge on any atom is 0.441 e. The van der Waals surface area contributed by atoms with Crippen LogP contribution in [-0.4, -0.2) is 14.7 Å². The molecule has 0 aliphatic carbocycles. The monoisotopic (exact) mass is 715 g/mol. The lowest BCUT2D eigenvalue weighted by Gasteiger charge is -2.21. The Hall–Kier alpha value is -6.19. The minimum Gasteiger partial charge on any atom is -0.189 e. The SMILES string of the molecule is O[P+](O)(O)c1cccc(-c2cc3ccc(-c4ccccc4)cc3cc2-c2ccccc2)c1-c1cc2ccc(-c3ccccc3)cc2cc1-c1ccccc1. The third kappa shape index (κ3) is 6.41. The quantitative estimate of drug-likeness (QED) is 0.144. The van der Waals surface area contributed by atoms with E-state index < -0.39 is 7.94 Å². The molecule has 3 N–H and O–H groups in total. The van der Waals surface area contributed by atoms with Crippen molar-refractivity contribution in [1.82, 2.24) is 0 Å². The van der Waals surface area contributed by atoms with E-state index >= 15 is 0 Å². The number of benzene rings is 9. The molecule has 0 bridgehead atoms. The summed E-state index contributed by atoms with van der Waals surface area (Å²) in [5, 5.41) is 4.30. The van der Waals surface area contributed by atoms with Crippen molar-refractivity contribution >= 4 is 34.8 Å². The van der Waals surface area contributed by atoms with Gasteiger partial charge in [-0.2, -0.15) is 14.7 Å². The van der Waals surface area contributed by atoms with Crippen LogP contribution in [0.15, 0.2) is 200 Å². The van der Waals surface area contributed by atoms with Gasteiger partial charge in [-0.3, -0.25) is 0 Å². The van der Waals surface area contributed by atoms with Crippen molar-refractivity contribution in [2.24, 2.45) is 0 Å². The lowest BCUT2D eigenvalue weighted by molar-refractivity contribution is 0.347. The Bertz CT molecular complexity index is 2780. The van der Waals surface area contributed by atoms with Gasteiger partial charge in [0.05, 0.1) is 0 Å². The van der Waals surface area contributed by atoms with Gasteiger partial charge in [-0.25, -0.2) is 0 Å². The average Bonchev–Trinajstić information content (AvgIpc) is 3.23. The molecule has 9 rings (SSSR count). The van der Waals surface area contributed by atoms with Crippen LogP contribution in [0.4, 0.5) is 0 Å². The molecule has 0 amide bonds. The summed E-state index contributed by atoms with van der Waals surface area (Å²) in [6.07, 6.45) is 0. The van der Waals surface area contributed by atoms with Gasteiger partial charge in [0.1, 0.15) is 0 Å². The molecule has 0 unspecified atom stereocenters. The van der Waals surface area contributed by atoms with Crippen LogP contribution in [-0.2, 0) is 0 Å². The molecule has 0 aromatic heterocycles. The second-order valence-corrected chi connectivity index (χ2v) is 15.3. The van der Waals surface area contributed by atoms with Gasteiger partial charge in [-0.1, -0.05) is 158 Å². The lowest BCUT2D eigenvalue weighted by Crippen LogP contribution is -2.14. The van der Waals surface area contributed by atoms with Gasteiger partial charge in [0.25, 0.3) is 0 Å². The van der Waals surface area contributed by atoms with Gasteiger partial charge in [-0.05, 0) is 125 Å². The van der Waals surface area contributed by atoms with Crippen molar-refractivity contribution in [3.05, 3.63) is 200 Å². The van der Waals surface area contributed by atoms with E-state index in [0.29, 0.717) is 5.56 Å². The molecular formula is C50H36O3P+. The molecule has 3 nitrogen and oxygen atoms in total. The Morgan fingerprint density at radius 2 is 0.667 bits per heavy atom. The third-order valence-electron chi connectivity index (χ3n) is 10.3. The van der Waals surface area contributed by atoms with E-state index in [0.717, 1.165) is 82.7 Å². The van der Waals surface area contributed by atoms with E-state index in [1.807, 2.05) is 66.7 Å². The summed E-state index contributed by atoms with van der Waals surface area (Å²) in [6, 6.07) is 68.3. The maximum atomic E-state index is 11.2. The Morgan fingerprint density at radius 1 is 0.259 bits per heavy atom. The highest BCUT2D eigenvalue weighted by Crippen LogP contribution is 2.51. The smallest absolute Gasteiger partial charge is 0.189 e. The normalized spacial score (nSPS) is 11.6. The van der Waals surface area contributed by atoms with Crippen molar-refractivity contribution < 1.29 is 14.7 Å². The van der Waals surface area contributed by atoms with Crippen molar-refractivity contribution in [1.29, 1.82) is 0 Å². The first kappa shape index (κ1) is 33.6. The minimum atomic E-state index is -4.51. The zero-order valence-corrected chi connectivity index (χ0v) is 30.2. The fourth-order valence-corrected chi connectivity index (χ4v) is 8.48. The summed E-state index contributed by atoms with van der Waals surface area (Å²) < 4.78 is 0. The van der Waals surface area contributed by atoms with Gasteiger partial charge in [0.2, 0.25) is 0 Å². The summed E-state index contributed by atoms with van der Waals surface area (Å²) in [4.78, 5) is 33.5. The highest BCUT2D eigenvalue weighted by atomic mass is 31.2. The molecule has 0 radical (unpaired) electrons. The Balaban J connectivity index is 1.34. The van der Waals surface area contributed by atoms with Gasteiger partial charge >= 0.3 is 7.94 Å². The zero-order valence-electron chi connectivity index (χ0n) is 29.3. The van der Waals surface area contributed by atoms with Crippen LogP contribution < -0.4 is 5.30 Å². The fourth-order valence-electron chi connectivity index (χ4n) is 7.66. The molecule has 0 saturated heterocycles. The Labute approximate surface area is 315 Å². The average molecular weight is 716 g/mol. The van der Waals surface area contributed by atoms with E-state index in [1.54, 1.807) is 12.1 Å². The molecular weight excluding hydrogens is 680 g/mol. The fraction of sp³-hybridized carbons (Fsp3) is 0. The van der Waals surface area contributed by atoms with Crippen LogP contribution in [0.3, 0.4) is 0 Å². The van der Waals surface area contributed by atoms with Crippen molar-refractivity contribution in [3.8, 4) is 66.8 Å². The van der Waals surface area contributed by atoms with E-state index in [1.165, 1.54) is 0 Å². The Kier molecular flexibility index (Phi) is 8.71. The molecule has 0 spiro atoms. The molecule has 0 fully saturated rings. The van der Waals surface area contributed by atoms with Crippen LogP contribution in [0.25, 0.3) is 88.3 Å². The molecule has 0 aliphatic heterocycles. The molecule has 0 atom stereocenters. The second-order valence-electron chi connectivity index (χ2n) is 13.7. The van der Waals surface area contributed by atoms with Crippen molar-refractivity contribution in [3.63, 3.8) is 0 Å². The molecule has 258 valence electrons. The highest BCUT2D eigenvalue weighted by molar-refractivity contribution is 7.67. The first-order valence-electron chi connectivity index (χ1n) is 18.0. The van der Waals surface area contributed by atoms with Gasteiger partial charge in [0.15, 0.2) is 5.30 Å². The maximum absolute atomic E-state index is 11.2. The van der Waals surface area contributed by atoms with Crippen LogP contribution in [0, 0.1) is 0 Å². The summed E-state index contributed by atoms with van der Waals surface area (Å²) in [7, 11) is -4.51. The predicted octanol–water partition coefficient (Wildman–Crippen LogP) is 12.4. The van der Waals surface area contributed by atoms with Gasteiger partial charge < -0.3 is 0 Å². The summed E-state index contributed by atoms with van der Waals surface area (Å²) in [5.41, 5.74) is 11.6. The van der Waals surface area contributed by atoms with Crippen LogP contribution in [0.2, 0.25) is 0 Å². The van der Waals surface area contributed by atoms with E-state index in [4.69, 9.17) is 0 Å². The number of hydrogen-bond acceptors (Lipinski definition) is 3. The lowest BCUT2D eigenvalue weighted by atomic mass is 9.84. The van der Waals surface area contributed by atoms with Crippen molar-refractivity contribution in [2.75, 3.05) is 0 Å². The molecule has 9 aromatic carbocycles. The summed E-state index contributed by atoms with van der Waals surface area (Å²) >= 11 is 0.